The minimum Gasteiger partial charge on any atom is -0.326 e. The molecule has 0 aromatic heterocycles. The van der Waals surface area contributed by atoms with E-state index in [2.05, 4.69) is 12.2 Å². The zero-order valence-corrected chi connectivity index (χ0v) is 14.6. The van der Waals surface area contributed by atoms with Crippen molar-refractivity contribution in [3.05, 3.63) is 29.8 Å². The van der Waals surface area contributed by atoms with Crippen molar-refractivity contribution in [3.63, 3.8) is 0 Å². The van der Waals surface area contributed by atoms with Crippen molar-refractivity contribution in [2.24, 2.45) is 0 Å². The zero-order valence-electron chi connectivity index (χ0n) is 14.6. The molecular formula is C19H31NO2. The van der Waals surface area contributed by atoms with Gasteiger partial charge in [0, 0.05) is 24.1 Å². The Morgan fingerprint density at radius 3 is 2.05 bits per heavy atom. The maximum Gasteiger partial charge on any atom is 0.224 e. The Morgan fingerprint density at radius 2 is 1.50 bits per heavy atom. The van der Waals surface area contributed by atoms with Crippen molar-refractivity contribution in [1.29, 1.82) is 0 Å². The number of Topliss-reactive ketones (excluding diaryl/α,β-unsaturated/α-hetero) is 1. The second kappa shape index (κ2) is 13.1. The second-order valence-electron chi connectivity index (χ2n) is 5.07. The molecule has 22 heavy (non-hydrogen) atoms. The van der Waals surface area contributed by atoms with Crippen molar-refractivity contribution in [1.82, 2.24) is 0 Å². The lowest BCUT2D eigenvalue weighted by molar-refractivity contribution is -0.116. The van der Waals surface area contributed by atoms with Crippen LogP contribution in [0.1, 0.15) is 83.0 Å². The smallest absolute Gasteiger partial charge is 0.224 e. The van der Waals surface area contributed by atoms with E-state index < -0.39 is 0 Å². The van der Waals surface area contributed by atoms with Crippen LogP contribution in [0.2, 0.25) is 0 Å². The fourth-order valence-corrected chi connectivity index (χ4v) is 2.06. The van der Waals surface area contributed by atoms with Gasteiger partial charge >= 0.3 is 0 Å². The van der Waals surface area contributed by atoms with Gasteiger partial charge in [0.1, 0.15) is 0 Å². The summed E-state index contributed by atoms with van der Waals surface area (Å²) in [5, 5.41) is 2.87. The highest BCUT2D eigenvalue weighted by Gasteiger charge is 2.05. The Labute approximate surface area is 135 Å². The van der Waals surface area contributed by atoms with E-state index in [0.29, 0.717) is 18.4 Å². The van der Waals surface area contributed by atoms with Gasteiger partial charge in [0.2, 0.25) is 5.91 Å². The fraction of sp³-hybridized carbons (Fsp3) is 0.579. The molecule has 0 aliphatic rings. The molecular weight excluding hydrogens is 274 g/mol. The van der Waals surface area contributed by atoms with Gasteiger partial charge in [0.25, 0.3) is 0 Å². The monoisotopic (exact) mass is 305 g/mol. The van der Waals surface area contributed by atoms with Crippen molar-refractivity contribution in [2.75, 3.05) is 5.32 Å². The fourth-order valence-electron chi connectivity index (χ4n) is 2.06. The highest BCUT2D eigenvalue weighted by atomic mass is 16.1. The molecule has 1 rings (SSSR count). The summed E-state index contributed by atoms with van der Waals surface area (Å²) in [6, 6.07) is 7.11. The summed E-state index contributed by atoms with van der Waals surface area (Å²) in [5.41, 5.74) is 1.46. The first-order valence-corrected chi connectivity index (χ1v) is 8.60. The van der Waals surface area contributed by atoms with E-state index in [9.17, 15) is 9.59 Å². The van der Waals surface area contributed by atoms with Gasteiger partial charge in [-0.1, -0.05) is 53.4 Å². The normalized spacial score (nSPS) is 9.64. The zero-order chi connectivity index (χ0) is 16.8. The van der Waals surface area contributed by atoms with Gasteiger partial charge in [0.15, 0.2) is 5.78 Å². The average Bonchev–Trinajstić information content (AvgIpc) is 2.56. The van der Waals surface area contributed by atoms with Crippen LogP contribution in [0, 0.1) is 0 Å². The van der Waals surface area contributed by atoms with Crippen LogP contribution in [0.4, 0.5) is 5.69 Å². The molecule has 1 aromatic carbocycles. The number of hydrogen-bond donors (Lipinski definition) is 1. The molecule has 0 saturated carbocycles. The minimum absolute atomic E-state index is 0.0519. The third-order valence-corrected chi connectivity index (χ3v) is 3.32. The first kappa shape index (κ1) is 20.4. The van der Waals surface area contributed by atoms with Gasteiger partial charge in [-0.3, -0.25) is 9.59 Å². The van der Waals surface area contributed by atoms with Crippen molar-refractivity contribution in [3.8, 4) is 0 Å². The first-order valence-electron chi connectivity index (χ1n) is 8.60. The molecule has 3 nitrogen and oxygen atoms in total. The second-order valence-corrected chi connectivity index (χ2v) is 5.07. The van der Waals surface area contributed by atoms with Gasteiger partial charge < -0.3 is 5.32 Å². The number of hydrogen-bond acceptors (Lipinski definition) is 2. The summed E-state index contributed by atoms with van der Waals surface area (Å²) in [6.07, 6.45) is 6.80. The molecule has 0 bridgehead atoms. The molecule has 0 unspecified atom stereocenters. The Morgan fingerprint density at radius 1 is 0.909 bits per heavy atom. The highest BCUT2D eigenvalue weighted by Crippen LogP contribution is 2.12. The van der Waals surface area contributed by atoms with Gasteiger partial charge in [0.05, 0.1) is 0 Å². The number of benzene rings is 1. The van der Waals surface area contributed by atoms with Crippen LogP contribution in [0.15, 0.2) is 24.3 Å². The Hall–Kier alpha value is -1.64. The molecule has 1 amide bonds. The molecule has 124 valence electrons. The van der Waals surface area contributed by atoms with Crippen molar-refractivity contribution < 1.29 is 9.59 Å². The quantitative estimate of drug-likeness (QED) is 0.476. The maximum absolute atomic E-state index is 11.7. The molecule has 1 aromatic rings. The number of carbonyl (C=O) groups is 2. The van der Waals surface area contributed by atoms with Crippen LogP contribution < -0.4 is 5.32 Å². The first-order chi connectivity index (χ1) is 10.7. The van der Waals surface area contributed by atoms with Crippen LogP contribution in [0.5, 0.6) is 0 Å². The average molecular weight is 305 g/mol. The topological polar surface area (TPSA) is 46.2 Å². The molecule has 0 aliphatic carbocycles. The van der Waals surface area contributed by atoms with Crippen molar-refractivity contribution >= 4 is 17.4 Å². The van der Waals surface area contributed by atoms with E-state index in [1.807, 2.05) is 20.8 Å². The summed E-state index contributed by atoms with van der Waals surface area (Å²) in [6.45, 7) is 8.02. The SMILES string of the molecule is CC.CCCCCCCC(=O)Nc1ccc(C(=O)CC)cc1. The number of nitrogens with one attached hydrogen (secondary N) is 1. The molecule has 3 heteroatoms. The molecule has 1 N–H and O–H groups in total. The number of ketones is 1. The van der Waals surface area contributed by atoms with E-state index in [-0.39, 0.29) is 11.7 Å². The third-order valence-electron chi connectivity index (χ3n) is 3.32. The predicted octanol–water partition coefficient (Wildman–Crippen LogP) is 5.60. The van der Waals surface area contributed by atoms with E-state index in [4.69, 9.17) is 0 Å². The number of rotatable bonds is 9. The summed E-state index contributed by atoms with van der Waals surface area (Å²) >= 11 is 0. The maximum atomic E-state index is 11.7. The summed E-state index contributed by atoms with van der Waals surface area (Å²) in [4.78, 5) is 23.2. The molecule has 0 saturated heterocycles. The molecule has 0 fully saturated rings. The van der Waals surface area contributed by atoms with Gasteiger partial charge in [-0.15, -0.1) is 0 Å². The summed E-state index contributed by atoms with van der Waals surface area (Å²) in [7, 11) is 0. The number of amides is 1. The summed E-state index contributed by atoms with van der Waals surface area (Å²) in [5.74, 6) is 0.176. The van der Waals surface area contributed by atoms with Crippen LogP contribution in [0.3, 0.4) is 0 Å². The van der Waals surface area contributed by atoms with Crippen LogP contribution in [-0.4, -0.2) is 11.7 Å². The van der Waals surface area contributed by atoms with Gasteiger partial charge in [-0.05, 0) is 30.7 Å². The highest BCUT2D eigenvalue weighted by molar-refractivity contribution is 5.97. The number of anilines is 1. The van der Waals surface area contributed by atoms with Gasteiger partial charge in [-0.25, -0.2) is 0 Å². The molecule has 0 spiro atoms. The number of unbranched alkanes of at least 4 members (excludes halogenated alkanes) is 4. The Balaban J connectivity index is 0.00000211. The lowest BCUT2D eigenvalue weighted by atomic mass is 10.1. The van der Waals surface area contributed by atoms with E-state index in [0.717, 1.165) is 18.5 Å². The molecule has 0 radical (unpaired) electrons. The molecule has 0 atom stereocenters. The molecule has 0 aliphatic heterocycles. The van der Waals surface area contributed by atoms with E-state index in [1.165, 1.54) is 19.3 Å². The third kappa shape index (κ3) is 8.60. The number of carbonyl (C=O) groups excluding carboxylic acids is 2. The largest absolute Gasteiger partial charge is 0.326 e. The predicted molar refractivity (Wildman–Crippen MR) is 94.4 cm³/mol. The summed E-state index contributed by atoms with van der Waals surface area (Å²) < 4.78 is 0. The van der Waals surface area contributed by atoms with Crippen molar-refractivity contribution in [2.45, 2.75) is 72.6 Å². The van der Waals surface area contributed by atoms with Crippen LogP contribution >= 0.6 is 0 Å². The van der Waals surface area contributed by atoms with Gasteiger partial charge in [-0.2, -0.15) is 0 Å². The van der Waals surface area contributed by atoms with E-state index in [1.54, 1.807) is 24.3 Å². The Bertz CT molecular complexity index is 424. The molecule has 0 heterocycles. The Kier molecular flexibility index (Phi) is 12.1. The standard InChI is InChI=1S/C17H25NO2.C2H6/c1-3-5-6-7-8-9-17(20)18-15-12-10-14(11-13-15)16(19)4-2;1-2/h10-13H,3-9H2,1-2H3,(H,18,20);1-2H3. The van der Waals surface area contributed by atoms with Crippen LogP contribution in [0.25, 0.3) is 0 Å². The van der Waals surface area contributed by atoms with E-state index >= 15 is 0 Å². The minimum atomic E-state index is 0.0519. The lowest BCUT2D eigenvalue weighted by Gasteiger charge is -2.06. The van der Waals surface area contributed by atoms with Crippen LogP contribution in [-0.2, 0) is 4.79 Å². The lowest BCUT2D eigenvalue weighted by Crippen LogP contribution is -2.11.